The SMILES string of the molecule is CC(C)(C)[Si](C)(C)O[C@@H](CNC(=O)OCc1ccccc1)C[C@@H]1NC(=O)[C@@H](NC(=O)OCc2ccccc2)Cc2cc(ccc2OCc2ccccc2)-c2ccc(Cl)c(c2)C[C@@H](C(=O)NCC(=O)NCC(N)=O)NC1=O. The van der Waals surface area contributed by atoms with E-state index in [1.165, 1.54) is 0 Å². The predicted octanol–water partition coefficient (Wildman–Crippen LogP) is 6.37. The van der Waals surface area contributed by atoms with Crippen LogP contribution in [0.2, 0.25) is 23.2 Å². The first-order valence-electron chi connectivity index (χ1n) is 24.8. The average molecular weight is 1080 g/mol. The van der Waals surface area contributed by atoms with Crippen molar-refractivity contribution in [3.05, 3.63) is 160 Å². The molecule has 1 aliphatic rings. The van der Waals surface area contributed by atoms with Crippen LogP contribution in [-0.4, -0.2) is 93.9 Å². The second-order valence-corrected chi connectivity index (χ2v) is 25.0. The van der Waals surface area contributed by atoms with Gasteiger partial charge in [0, 0.05) is 30.8 Å². The molecular formula is C56H66ClN7O11Si. The van der Waals surface area contributed by atoms with Gasteiger partial charge in [-0.15, -0.1) is 0 Å². The highest BCUT2D eigenvalue weighted by Crippen LogP contribution is 2.38. The molecule has 402 valence electrons. The number of alkyl carbamates (subject to hydrolysis) is 2. The van der Waals surface area contributed by atoms with Crippen LogP contribution in [0.1, 0.15) is 55.0 Å². The van der Waals surface area contributed by atoms with Crippen LogP contribution in [0, 0.1) is 0 Å². The summed E-state index contributed by atoms with van der Waals surface area (Å²) in [5, 5.41) is 15.9. The molecule has 4 atom stereocenters. The molecule has 1 aliphatic heterocycles. The first-order chi connectivity index (χ1) is 36.2. The van der Waals surface area contributed by atoms with E-state index in [-0.39, 0.29) is 55.7 Å². The monoisotopic (exact) mass is 1080 g/mol. The third kappa shape index (κ3) is 17.7. The summed E-state index contributed by atoms with van der Waals surface area (Å²) in [6.07, 6.45) is -3.27. The van der Waals surface area contributed by atoms with Gasteiger partial charge in [-0.3, -0.25) is 24.0 Å². The van der Waals surface area contributed by atoms with E-state index in [9.17, 15) is 24.0 Å². The molecule has 0 radical (unpaired) electrons. The predicted molar refractivity (Wildman–Crippen MR) is 289 cm³/mol. The normalized spacial score (nSPS) is 16.2. The van der Waals surface area contributed by atoms with Gasteiger partial charge in [0.1, 0.15) is 43.7 Å². The Balaban J connectivity index is 1.42. The van der Waals surface area contributed by atoms with Crippen LogP contribution < -0.4 is 42.4 Å². The van der Waals surface area contributed by atoms with E-state index < -0.39 is 87.4 Å². The van der Waals surface area contributed by atoms with Gasteiger partial charge in [-0.1, -0.05) is 136 Å². The summed E-state index contributed by atoms with van der Waals surface area (Å²) >= 11 is 6.85. The van der Waals surface area contributed by atoms with E-state index in [0.717, 1.165) is 11.1 Å². The van der Waals surface area contributed by atoms with Gasteiger partial charge < -0.3 is 56.3 Å². The minimum Gasteiger partial charge on any atom is -0.489 e. The Morgan fingerprint density at radius 2 is 1.25 bits per heavy atom. The maximum absolute atomic E-state index is 15.1. The molecule has 76 heavy (non-hydrogen) atoms. The molecule has 0 aliphatic carbocycles. The molecule has 0 spiro atoms. The van der Waals surface area contributed by atoms with Crippen molar-refractivity contribution in [2.75, 3.05) is 19.6 Å². The molecule has 4 bridgehead atoms. The van der Waals surface area contributed by atoms with Gasteiger partial charge in [0.15, 0.2) is 8.32 Å². The van der Waals surface area contributed by atoms with E-state index in [0.29, 0.717) is 33.6 Å². The highest BCUT2D eigenvalue weighted by Gasteiger charge is 2.41. The Kier molecular flexibility index (Phi) is 20.6. The molecule has 0 saturated heterocycles. The second-order valence-electron chi connectivity index (χ2n) is 19.8. The zero-order valence-corrected chi connectivity index (χ0v) is 45.0. The first kappa shape index (κ1) is 57.5. The van der Waals surface area contributed by atoms with Crippen LogP contribution in [0.15, 0.2) is 127 Å². The summed E-state index contributed by atoms with van der Waals surface area (Å²) in [5.74, 6) is -3.60. The lowest BCUT2D eigenvalue weighted by Crippen LogP contribution is -2.59. The van der Waals surface area contributed by atoms with E-state index in [1.54, 1.807) is 48.5 Å². The molecule has 0 unspecified atom stereocenters. The summed E-state index contributed by atoms with van der Waals surface area (Å²) in [5.41, 5.74) is 9.79. The molecule has 0 fully saturated rings. The van der Waals surface area contributed by atoms with Gasteiger partial charge in [0.05, 0.1) is 19.2 Å². The van der Waals surface area contributed by atoms with Crippen molar-refractivity contribution in [3.8, 4) is 16.9 Å². The van der Waals surface area contributed by atoms with Gasteiger partial charge in [0.2, 0.25) is 29.5 Å². The standard InChI is InChI=1S/C56H66ClN7O11Si/c1-56(2,3)76(4,5)75-43(30-61-54(70)73-34-37-17-11-7-12-18-37)29-47-53(69)62-45(51(67)60-32-50(66)59-31-49(58)65)27-41-25-39(21-23-44(41)57)40-22-24-48(72-33-36-15-9-6-10-16-36)42(26-40)28-46(52(68)63-47)64-55(71)74-35-38-19-13-8-14-20-38/h6-26,43,45-47H,27-35H2,1-5H3,(H2,58,65)(H,59,66)(H,60,67)(H,61,70)(H,62,69)(H,63,68)(H,64,71)/t43-,45+,46+,47+/m1/s1. The molecule has 1 heterocycles. The third-order valence-corrected chi connectivity index (χ3v) is 17.9. The van der Waals surface area contributed by atoms with Crippen LogP contribution in [0.25, 0.3) is 11.1 Å². The number of fused-ring (bicyclic) bond motifs is 5. The van der Waals surface area contributed by atoms with Gasteiger partial charge in [-0.05, 0) is 81.3 Å². The lowest BCUT2D eigenvalue weighted by molar-refractivity contribution is -0.133. The molecule has 20 heteroatoms. The maximum Gasteiger partial charge on any atom is 0.408 e. The molecule has 7 amide bonds. The van der Waals surface area contributed by atoms with Crippen LogP contribution in [0.3, 0.4) is 0 Å². The summed E-state index contributed by atoms with van der Waals surface area (Å²) < 4.78 is 24.4. The fourth-order valence-electron chi connectivity index (χ4n) is 7.79. The minimum absolute atomic E-state index is 0.0191. The summed E-state index contributed by atoms with van der Waals surface area (Å²) in [7, 11) is -2.73. The summed E-state index contributed by atoms with van der Waals surface area (Å²) in [6.45, 7) is 8.85. The van der Waals surface area contributed by atoms with Crippen molar-refractivity contribution >= 4 is 61.6 Å². The molecule has 6 rings (SSSR count). The number of primary amides is 1. The number of halogens is 1. The first-order valence-corrected chi connectivity index (χ1v) is 28.1. The van der Waals surface area contributed by atoms with Crippen molar-refractivity contribution in [1.29, 1.82) is 0 Å². The highest BCUT2D eigenvalue weighted by atomic mass is 35.5. The van der Waals surface area contributed by atoms with Gasteiger partial charge in [-0.25, -0.2) is 9.59 Å². The number of nitrogens with two attached hydrogens (primary N) is 1. The second kappa shape index (κ2) is 27.2. The molecule has 18 nitrogen and oxygen atoms in total. The Labute approximate surface area is 448 Å². The van der Waals surface area contributed by atoms with E-state index in [1.807, 2.05) is 113 Å². The topological polar surface area (TPSA) is 255 Å². The zero-order valence-electron chi connectivity index (χ0n) is 43.2. The number of carbonyl (C=O) groups is 7. The number of hydrogen-bond acceptors (Lipinski definition) is 11. The number of carbonyl (C=O) groups excluding carboxylic acids is 7. The number of hydrogen-bond donors (Lipinski definition) is 7. The van der Waals surface area contributed by atoms with Gasteiger partial charge in [-0.2, -0.15) is 0 Å². The lowest BCUT2D eigenvalue weighted by Gasteiger charge is -2.40. The Morgan fingerprint density at radius 3 is 1.84 bits per heavy atom. The Hall–Kier alpha value is -7.74. The summed E-state index contributed by atoms with van der Waals surface area (Å²) in [6, 6.07) is 33.8. The Bertz CT molecular complexity index is 2820. The molecule has 0 saturated carbocycles. The maximum atomic E-state index is 15.1. The van der Waals surface area contributed by atoms with Crippen molar-refractivity contribution in [2.45, 2.75) is 102 Å². The number of rotatable bonds is 19. The quantitative estimate of drug-likeness (QED) is 0.0447. The van der Waals surface area contributed by atoms with Gasteiger partial charge >= 0.3 is 12.2 Å². The van der Waals surface area contributed by atoms with Crippen LogP contribution in [-0.2, 0) is 70.5 Å². The summed E-state index contributed by atoms with van der Waals surface area (Å²) in [4.78, 5) is 95.5. The van der Waals surface area contributed by atoms with Crippen molar-refractivity contribution < 1.29 is 52.2 Å². The highest BCUT2D eigenvalue weighted by molar-refractivity contribution is 6.74. The van der Waals surface area contributed by atoms with Crippen molar-refractivity contribution in [2.24, 2.45) is 5.73 Å². The largest absolute Gasteiger partial charge is 0.489 e. The van der Waals surface area contributed by atoms with Crippen molar-refractivity contribution in [1.82, 2.24) is 31.9 Å². The molecular weight excluding hydrogens is 1010 g/mol. The zero-order chi connectivity index (χ0) is 54.8. The minimum atomic E-state index is -2.73. The van der Waals surface area contributed by atoms with Crippen LogP contribution >= 0.6 is 11.6 Å². The smallest absolute Gasteiger partial charge is 0.408 e. The van der Waals surface area contributed by atoms with E-state index >= 15 is 9.59 Å². The van der Waals surface area contributed by atoms with E-state index in [4.69, 9.17) is 36.0 Å². The molecule has 0 aromatic heterocycles. The van der Waals surface area contributed by atoms with Crippen molar-refractivity contribution in [3.63, 3.8) is 0 Å². The van der Waals surface area contributed by atoms with Crippen LogP contribution in [0.4, 0.5) is 9.59 Å². The molecule has 8 N–H and O–H groups in total. The number of nitrogens with one attached hydrogen (secondary N) is 6. The number of benzene rings is 5. The molecule has 5 aromatic rings. The number of amides is 7. The molecule has 5 aromatic carbocycles. The number of ether oxygens (including phenoxy) is 3. The van der Waals surface area contributed by atoms with E-state index in [2.05, 4.69) is 31.9 Å². The third-order valence-electron chi connectivity index (χ3n) is 12.9. The fraction of sp³-hybridized carbons (Fsp3) is 0.339. The lowest BCUT2D eigenvalue weighted by atomic mass is 9.95. The Morgan fingerprint density at radius 1 is 0.684 bits per heavy atom. The fourth-order valence-corrected chi connectivity index (χ4v) is 9.35. The van der Waals surface area contributed by atoms with Crippen LogP contribution in [0.5, 0.6) is 5.75 Å². The van der Waals surface area contributed by atoms with Gasteiger partial charge in [0.25, 0.3) is 0 Å². The average Bonchev–Trinajstić information content (AvgIpc) is 3.40.